The lowest BCUT2D eigenvalue weighted by atomic mass is 9.84. The Morgan fingerprint density at radius 1 is 0.941 bits per heavy atom. The third-order valence-corrected chi connectivity index (χ3v) is 2.76. The van der Waals surface area contributed by atoms with E-state index in [0.29, 0.717) is 5.56 Å². The zero-order valence-electron chi connectivity index (χ0n) is 18.6. The van der Waals surface area contributed by atoms with Gasteiger partial charge in [-0.2, -0.15) is 0 Å². The van der Waals surface area contributed by atoms with Crippen molar-refractivity contribution in [1.82, 2.24) is 0 Å². The Morgan fingerprint density at radius 3 is 2.29 bits per heavy atom. The Morgan fingerprint density at radius 2 is 1.65 bits per heavy atom. The standard InChI is InChI=1S/C17H20/c1-13-10-11-15(17(2,3)4)12-16(13)14-8-6-5-7-9-14/h5-12H,1-4H3/i2D3,3D3,4D3. The van der Waals surface area contributed by atoms with E-state index in [0.717, 1.165) is 11.1 Å². The van der Waals surface area contributed by atoms with E-state index in [1.165, 1.54) is 12.1 Å². The van der Waals surface area contributed by atoms with E-state index in [4.69, 9.17) is 12.3 Å². The van der Waals surface area contributed by atoms with Gasteiger partial charge in [0.05, 0.1) is 0 Å². The highest BCUT2D eigenvalue weighted by atomic mass is 14.2. The topological polar surface area (TPSA) is 0 Å². The summed E-state index contributed by atoms with van der Waals surface area (Å²) in [7, 11) is 0. The molecule has 88 valence electrons. The SMILES string of the molecule is [2H]C([2H])([2H])C(c1ccc(C)c(-c2ccccc2)c1)(C([2H])([2H])[2H])C([2H])([2H])[2H]. The van der Waals surface area contributed by atoms with Crippen molar-refractivity contribution in [2.24, 2.45) is 0 Å². The van der Waals surface area contributed by atoms with E-state index in [9.17, 15) is 0 Å². The molecule has 0 amide bonds. The maximum Gasteiger partial charge on any atom is 0.0239 e. The van der Waals surface area contributed by atoms with Gasteiger partial charge in [-0.05, 0) is 34.6 Å². The van der Waals surface area contributed by atoms with Gasteiger partial charge in [-0.3, -0.25) is 0 Å². The van der Waals surface area contributed by atoms with Gasteiger partial charge in [-0.1, -0.05) is 69.1 Å². The summed E-state index contributed by atoms with van der Waals surface area (Å²) in [5.41, 5.74) is -1.07. The van der Waals surface area contributed by atoms with Crippen molar-refractivity contribution in [3.8, 4) is 11.1 Å². The minimum Gasteiger partial charge on any atom is -0.0622 e. The monoisotopic (exact) mass is 233 g/mol. The molecule has 0 heterocycles. The Hall–Kier alpha value is -1.56. The van der Waals surface area contributed by atoms with E-state index in [1.54, 1.807) is 37.3 Å². The highest BCUT2D eigenvalue weighted by Crippen LogP contribution is 2.29. The van der Waals surface area contributed by atoms with Crippen molar-refractivity contribution in [2.75, 3.05) is 0 Å². The van der Waals surface area contributed by atoms with E-state index >= 15 is 0 Å². The molecule has 0 aliphatic rings. The van der Waals surface area contributed by atoms with Crippen LogP contribution in [-0.4, -0.2) is 0 Å². The number of rotatable bonds is 1. The third kappa shape index (κ3) is 2.58. The van der Waals surface area contributed by atoms with Crippen LogP contribution >= 0.6 is 0 Å². The summed E-state index contributed by atoms with van der Waals surface area (Å²) in [6, 6.07) is 13.3. The van der Waals surface area contributed by atoms with Gasteiger partial charge < -0.3 is 0 Å². The first-order valence-corrected chi connectivity index (χ1v) is 5.40. The number of hydrogen-bond donors (Lipinski definition) is 0. The molecule has 17 heavy (non-hydrogen) atoms. The van der Waals surface area contributed by atoms with Crippen LogP contribution in [0.15, 0.2) is 48.5 Å². The van der Waals surface area contributed by atoms with Crippen molar-refractivity contribution in [3.63, 3.8) is 0 Å². The van der Waals surface area contributed by atoms with Crippen LogP contribution in [-0.2, 0) is 5.41 Å². The summed E-state index contributed by atoms with van der Waals surface area (Å²) in [5, 5.41) is 0. The van der Waals surface area contributed by atoms with Crippen LogP contribution < -0.4 is 0 Å². The Kier molecular flexibility index (Phi) is 1.28. The molecular weight excluding hydrogens is 204 g/mol. The molecule has 0 aliphatic carbocycles. The summed E-state index contributed by atoms with van der Waals surface area (Å²) in [6.07, 6.45) is 0. The fourth-order valence-electron chi connectivity index (χ4n) is 1.78. The second-order valence-electron chi connectivity index (χ2n) is 4.15. The Balaban J connectivity index is 2.88. The zero-order chi connectivity index (χ0) is 20.0. The Labute approximate surface area is 117 Å². The minimum absolute atomic E-state index is 0.234. The molecule has 0 heteroatoms. The molecule has 0 spiro atoms. The molecule has 0 nitrogen and oxygen atoms in total. The number of hydrogen-bond acceptors (Lipinski definition) is 0. The maximum atomic E-state index is 7.83. The average molecular weight is 233 g/mol. The van der Waals surface area contributed by atoms with E-state index in [2.05, 4.69) is 0 Å². The minimum atomic E-state index is -3.26. The normalized spacial score (nSPS) is 21.6. The van der Waals surface area contributed by atoms with E-state index in [-0.39, 0.29) is 5.56 Å². The van der Waals surface area contributed by atoms with Gasteiger partial charge >= 0.3 is 0 Å². The molecule has 0 N–H and O–H groups in total. The third-order valence-electron chi connectivity index (χ3n) is 2.76. The molecule has 0 aliphatic heterocycles. The van der Waals surface area contributed by atoms with Crippen molar-refractivity contribution in [1.29, 1.82) is 0 Å². The molecule has 0 radical (unpaired) electrons. The summed E-state index contributed by atoms with van der Waals surface area (Å²) in [5.74, 6) is 0. The second-order valence-corrected chi connectivity index (χ2v) is 4.15. The molecule has 2 aromatic rings. The second kappa shape index (κ2) is 4.37. The summed E-state index contributed by atoms with van der Waals surface area (Å²) >= 11 is 0. The molecule has 0 saturated heterocycles. The number of benzene rings is 2. The van der Waals surface area contributed by atoms with Crippen LogP contribution in [0.3, 0.4) is 0 Å². The average Bonchev–Trinajstić information content (AvgIpc) is 2.46. The molecular formula is C17H20. The molecule has 0 bridgehead atoms. The van der Waals surface area contributed by atoms with Crippen LogP contribution in [0.1, 0.15) is 44.0 Å². The predicted octanol–water partition coefficient (Wildman–Crippen LogP) is 4.96. The summed E-state index contributed by atoms with van der Waals surface area (Å²) < 4.78 is 70.5. The predicted molar refractivity (Wildman–Crippen MR) is 75.3 cm³/mol. The fourth-order valence-corrected chi connectivity index (χ4v) is 1.78. The van der Waals surface area contributed by atoms with Gasteiger partial charge in [0.15, 0.2) is 0 Å². The van der Waals surface area contributed by atoms with Gasteiger partial charge in [0.25, 0.3) is 0 Å². The molecule has 0 aromatic heterocycles. The highest BCUT2D eigenvalue weighted by Gasteiger charge is 2.14. The maximum absolute atomic E-state index is 7.83. The van der Waals surface area contributed by atoms with Gasteiger partial charge in [-0.15, -0.1) is 0 Å². The first-order chi connectivity index (χ1) is 11.7. The smallest absolute Gasteiger partial charge is 0.0239 e. The lowest BCUT2D eigenvalue weighted by Crippen LogP contribution is -2.11. The molecule has 0 atom stereocenters. The molecule has 2 aromatic carbocycles. The zero-order valence-corrected chi connectivity index (χ0v) is 9.62. The summed E-state index contributed by atoms with van der Waals surface area (Å²) in [4.78, 5) is 0. The first-order valence-electron chi connectivity index (χ1n) is 9.90. The van der Waals surface area contributed by atoms with Gasteiger partial charge in [0.2, 0.25) is 0 Å². The van der Waals surface area contributed by atoms with Crippen molar-refractivity contribution in [2.45, 2.75) is 32.9 Å². The van der Waals surface area contributed by atoms with Crippen LogP contribution in [0.25, 0.3) is 11.1 Å². The van der Waals surface area contributed by atoms with Crippen LogP contribution in [0.2, 0.25) is 0 Å². The van der Waals surface area contributed by atoms with Gasteiger partial charge in [0.1, 0.15) is 0 Å². The lowest BCUT2D eigenvalue weighted by molar-refractivity contribution is 0.590. The number of aryl methyl sites for hydroxylation is 1. The lowest BCUT2D eigenvalue weighted by Gasteiger charge is -2.21. The molecule has 0 unspecified atom stereocenters. The largest absolute Gasteiger partial charge is 0.0622 e. The first kappa shape index (κ1) is 4.97. The van der Waals surface area contributed by atoms with Crippen molar-refractivity contribution >= 4 is 0 Å². The molecule has 0 saturated carbocycles. The highest BCUT2D eigenvalue weighted by molar-refractivity contribution is 5.68. The Bertz CT molecular complexity index is 732. The van der Waals surface area contributed by atoms with Crippen molar-refractivity contribution in [3.05, 3.63) is 59.7 Å². The van der Waals surface area contributed by atoms with Crippen LogP contribution in [0.5, 0.6) is 0 Å². The fraction of sp³-hybridized carbons (Fsp3) is 0.294. The molecule has 2 rings (SSSR count). The van der Waals surface area contributed by atoms with Crippen LogP contribution in [0, 0.1) is 6.92 Å². The van der Waals surface area contributed by atoms with E-state index in [1.807, 2.05) is 6.07 Å². The molecule has 0 fully saturated rings. The van der Waals surface area contributed by atoms with Gasteiger partial charge in [0, 0.05) is 12.3 Å². The quantitative estimate of drug-likeness (QED) is 0.653. The van der Waals surface area contributed by atoms with Gasteiger partial charge in [-0.25, -0.2) is 0 Å². The van der Waals surface area contributed by atoms with E-state index < -0.39 is 26.0 Å². The van der Waals surface area contributed by atoms with Crippen LogP contribution in [0.4, 0.5) is 0 Å². The van der Waals surface area contributed by atoms with Crippen molar-refractivity contribution < 1.29 is 12.3 Å². The summed E-state index contributed by atoms with van der Waals surface area (Å²) in [6.45, 7) is -7.97.